The average molecular weight is 271 g/mol. The van der Waals surface area contributed by atoms with Crippen LogP contribution in [0.25, 0.3) is 0 Å². The van der Waals surface area contributed by atoms with Crippen LogP contribution >= 0.6 is 15.9 Å². The Morgan fingerprint density at radius 1 is 1.13 bits per heavy atom. The first-order valence-corrected chi connectivity index (χ1v) is 4.78. The molecule has 0 bridgehead atoms. The molecule has 0 amide bonds. The average Bonchev–Trinajstić information content (AvgIpc) is 2.27. The summed E-state index contributed by atoms with van der Waals surface area (Å²) in [5.41, 5.74) is 0.161. The van der Waals surface area contributed by atoms with Gasteiger partial charge in [-0.3, -0.25) is 9.59 Å². The van der Waals surface area contributed by atoms with E-state index in [-0.39, 0.29) is 5.56 Å². The van der Waals surface area contributed by atoms with Crippen molar-refractivity contribution in [2.75, 3.05) is 7.11 Å². The third-order valence-electron chi connectivity index (χ3n) is 1.68. The molecule has 0 radical (unpaired) electrons. The number of ether oxygens (including phenoxy) is 1. The van der Waals surface area contributed by atoms with E-state index in [0.29, 0.717) is 0 Å². The van der Waals surface area contributed by atoms with Crippen molar-refractivity contribution >= 4 is 33.5 Å². The van der Waals surface area contributed by atoms with E-state index in [4.69, 9.17) is 0 Å². The number of rotatable bonds is 3. The molecule has 0 atom stereocenters. The predicted molar refractivity (Wildman–Crippen MR) is 55.5 cm³/mol. The number of methoxy groups -OCH3 is 1. The van der Waals surface area contributed by atoms with Gasteiger partial charge in [-0.05, 0) is 24.3 Å². The number of carbonyl (C=O) groups is 3. The quantitative estimate of drug-likeness (QED) is 0.360. The fraction of sp³-hybridized carbons (Fsp3) is 0.100. The Balaban J connectivity index is 2.90. The maximum absolute atomic E-state index is 11.4. The Morgan fingerprint density at radius 2 is 1.67 bits per heavy atom. The lowest BCUT2D eigenvalue weighted by atomic mass is 10.1. The molecule has 0 fully saturated rings. The highest BCUT2D eigenvalue weighted by atomic mass is 79.9. The van der Waals surface area contributed by atoms with Crippen molar-refractivity contribution in [3.63, 3.8) is 0 Å². The van der Waals surface area contributed by atoms with Crippen LogP contribution < -0.4 is 0 Å². The molecule has 15 heavy (non-hydrogen) atoms. The third-order valence-corrected chi connectivity index (χ3v) is 2.21. The van der Waals surface area contributed by atoms with Gasteiger partial charge in [0.05, 0.1) is 7.11 Å². The number of carbonyl (C=O) groups excluding carboxylic acids is 3. The summed E-state index contributed by atoms with van der Waals surface area (Å²) in [5, 5.41) is 0. The summed E-state index contributed by atoms with van der Waals surface area (Å²) in [4.78, 5) is 33.3. The van der Waals surface area contributed by atoms with Crippen LogP contribution in [0.15, 0.2) is 28.7 Å². The Bertz CT molecular complexity index is 408. The Kier molecular flexibility index (Phi) is 3.74. The molecule has 5 heteroatoms. The van der Waals surface area contributed by atoms with Crippen LogP contribution in [0.3, 0.4) is 0 Å². The van der Waals surface area contributed by atoms with E-state index in [0.717, 1.165) is 11.6 Å². The second kappa shape index (κ2) is 4.84. The topological polar surface area (TPSA) is 60.4 Å². The number of halogens is 1. The maximum Gasteiger partial charge on any atom is 0.383 e. The normalized spacial score (nSPS) is 9.47. The van der Waals surface area contributed by atoms with Crippen LogP contribution in [-0.2, 0) is 14.3 Å². The standard InChI is InChI=1S/C10H7BrO4/c1-15-10(14)9(13)8(12)6-2-4-7(11)5-3-6/h2-5H,1H3. The molecule has 78 valence electrons. The molecule has 1 aromatic rings. The zero-order valence-corrected chi connectivity index (χ0v) is 9.41. The SMILES string of the molecule is COC(=O)C(=O)C(=O)c1ccc(Br)cc1. The molecule has 0 saturated carbocycles. The lowest BCUT2D eigenvalue weighted by molar-refractivity contribution is -0.149. The van der Waals surface area contributed by atoms with E-state index in [2.05, 4.69) is 20.7 Å². The summed E-state index contributed by atoms with van der Waals surface area (Å²) >= 11 is 3.19. The minimum Gasteiger partial charge on any atom is -0.463 e. The van der Waals surface area contributed by atoms with Gasteiger partial charge in [0.1, 0.15) is 0 Å². The first kappa shape index (κ1) is 11.6. The lowest BCUT2D eigenvalue weighted by Crippen LogP contribution is -2.25. The molecular formula is C10H7BrO4. The summed E-state index contributed by atoms with van der Waals surface area (Å²) in [6.07, 6.45) is 0. The van der Waals surface area contributed by atoms with Gasteiger partial charge in [-0.25, -0.2) is 4.79 Å². The zero-order chi connectivity index (χ0) is 11.4. The van der Waals surface area contributed by atoms with Crippen molar-refractivity contribution < 1.29 is 19.1 Å². The van der Waals surface area contributed by atoms with Gasteiger partial charge in [0, 0.05) is 10.0 Å². The predicted octanol–water partition coefficient (Wildman–Crippen LogP) is 1.37. The molecule has 1 rings (SSSR count). The number of hydrogen-bond donors (Lipinski definition) is 0. The molecule has 0 aliphatic rings. The van der Waals surface area contributed by atoms with E-state index in [1.54, 1.807) is 12.1 Å². The summed E-state index contributed by atoms with van der Waals surface area (Å²) < 4.78 is 4.94. The lowest BCUT2D eigenvalue weighted by Gasteiger charge is -1.98. The smallest absolute Gasteiger partial charge is 0.383 e. The van der Waals surface area contributed by atoms with E-state index in [1.165, 1.54) is 12.1 Å². The van der Waals surface area contributed by atoms with Crippen molar-refractivity contribution in [2.24, 2.45) is 0 Å². The Morgan fingerprint density at radius 3 is 2.13 bits per heavy atom. The highest BCUT2D eigenvalue weighted by Crippen LogP contribution is 2.11. The molecule has 0 aliphatic heterocycles. The Hall–Kier alpha value is -1.49. The number of benzene rings is 1. The zero-order valence-electron chi connectivity index (χ0n) is 7.82. The second-order valence-corrected chi connectivity index (χ2v) is 3.57. The van der Waals surface area contributed by atoms with E-state index in [1.807, 2.05) is 0 Å². The van der Waals surface area contributed by atoms with Gasteiger partial charge in [0.15, 0.2) is 0 Å². The van der Waals surface area contributed by atoms with Gasteiger partial charge in [-0.2, -0.15) is 0 Å². The number of Topliss-reactive ketones (excluding diaryl/α,β-unsaturated/α-hetero) is 2. The van der Waals surface area contributed by atoms with Gasteiger partial charge < -0.3 is 4.74 Å². The van der Waals surface area contributed by atoms with Gasteiger partial charge >= 0.3 is 11.8 Å². The van der Waals surface area contributed by atoms with Crippen molar-refractivity contribution in [3.05, 3.63) is 34.3 Å². The fourth-order valence-electron chi connectivity index (χ4n) is 0.918. The summed E-state index contributed by atoms with van der Waals surface area (Å²) in [7, 11) is 1.05. The molecule has 0 N–H and O–H groups in total. The second-order valence-electron chi connectivity index (χ2n) is 2.66. The molecule has 0 unspecified atom stereocenters. The third kappa shape index (κ3) is 2.73. The van der Waals surface area contributed by atoms with Gasteiger partial charge in [-0.1, -0.05) is 15.9 Å². The first-order valence-electron chi connectivity index (χ1n) is 3.99. The van der Waals surface area contributed by atoms with Crippen molar-refractivity contribution in [1.29, 1.82) is 0 Å². The van der Waals surface area contributed by atoms with Crippen molar-refractivity contribution in [2.45, 2.75) is 0 Å². The molecule has 4 nitrogen and oxygen atoms in total. The number of ketones is 2. The van der Waals surface area contributed by atoms with Gasteiger partial charge in [0.2, 0.25) is 5.78 Å². The highest BCUT2D eigenvalue weighted by Gasteiger charge is 2.24. The van der Waals surface area contributed by atoms with E-state index in [9.17, 15) is 14.4 Å². The molecule has 1 aromatic carbocycles. The van der Waals surface area contributed by atoms with Crippen LogP contribution in [0.2, 0.25) is 0 Å². The molecular weight excluding hydrogens is 264 g/mol. The van der Waals surface area contributed by atoms with Gasteiger partial charge in [0.25, 0.3) is 0 Å². The first-order chi connectivity index (χ1) is 7.06. The van der Waals surface area contributed by atoms with Crippen LogP contribution in [-0.4, -0.2) is 24.6 Å². The van der Waals surface area contributed by atoms with Gasteiger partial charge in [-0.15, -0.1) is 0 Å². The van der Waals surface area contributed by atoms with E-state index >= 15 is 0 Å². The van der Waals surface area contributed by atoms with Crippen LogP contribution in [0.4, 0.5) is 0 Å². The minimum atomic E-state index is -1.17. The monoisotopic (exact) mass is 270 g/mol. The Labute approximate surface area is 94.4 Å². The van der Waals surface area contributed by atoms with Crippen LogP contribution in [0.1, 0.15) is 10.4 Å². The largest absolute Gasteiger partial charge is 0.463 e. The highest BCUT2D eigenvalue weighted by molar-refractivity contribution is 9.10. The van der Waals surface area contributed by atoms with Crippen LogP contribution in [0, 0.1) is 0 Å². The van der Waals surface area contributed by atoms with Crippen molar-refractivity contribution in [3.8, 4) is 0 Å². The number of esters is 1. The van der Waals surface area contributed by atoms with E-state index < -0.39 is 17.5 Å². The minimum absolute atomic E-state index is 0.161. The fourth-order valence-corrected chi connectivity index (χ4v) is 1.18. The number of hydrogen-bond acceptors (Lipinski definition) is 4. The summed E-state index contributed by atoms with van der Waals surface area (Å²) in [6.45, 7) is 0. The molecule has 0 heterocycles. The maximum atomic E-state index is 11.4. The molecule has 0 saturated heterocycles. The summed E-state index contributed by atoms with van der Waals surface area (Å²) in [6, 6.07) is 6.12. The molecule has 0 aliphatic carbocycles. The molecule has 0 spiro atoms. The molecule has 0 aromatic heterocycles. The summed E-state index contributed by atoms with van der Waals surface area (Å²) in [5.74, 6) is -3.18. The van der Waals surface area contributed by atoms with Crippen molar-refractivity contribution in [1.82, 2.24) is 0 Å². The van der Waals surface area contributed by atoms with Crippen LogP contribution in [0.5, 0.6) is 0 Å².